The summed E-state index contributed by atoms with van der Waals surface area (Å²) in [5.41, 5.74) is 0. The Morgan fingerprint density at radius 3 is 2.62 bits per heavy atom. The number of urea groups is 1. The van der Waals surface area contributed by atoms with Crippen LogP contribution < -0.4 is 10.6 Å². The highest BCUT2D eigenvalue weighted by molar-refractivity contribution is 7.11. The molecule has 1 aromatic rings. The SMILES string of the molecule is Cc1ccc(CC(C)NC(=O)NCC(C)CCC(=O)O)s1. The molecule has 0 aromatic carbocycles. The van der Waals surface area contributed by atoms with Crippen LogP contribution in [0.4, 0.5) is 4.79 Å². The molecule has 2 amide bonds. The molecule has 0 saturated carbocycles. The summed E-state index contributed by atoms with van der Waals surface area (Å²) in [4.78, 5) is 24.8. The molecular weight excluding hydrogens is 288 g/mol. The first kappa shape index (κ1) is 17.5. The van der Waals surface area contributed by atoms with Crippen molar-refractivity contribution in [1.29, 1.82) is 0 Å². The Morgan fingerprint density at radius 2 is 2.05 bits per heavy atom. The number of rotatable bonds is 8. The molecular formula is C15H24N2O3S. The molecule has 0 spiro atoms. The lowest BCUT2D eigenvalue weighted by Crippen LogP contribution is -2.43. The summed E-state index contributed by atoms with van der Waals surface area (Å²) in [6.07, 6.45) is 1.53. The maximum absolute atomic E-state index is 11.8. The van der Waals surface area contributed by atoms with Gasteiger partial charge in [0.15, 0.2) is 0 Å². The molecule has 1 rings (SSSR count). The number of carbonyl (C=O) groups excluding carboxylic acids is 1. The smallest absolute Gasteiger partial charge is 0.315 e. The first-order valence-electron chi connectivity index (χ1n) is 7.18. The van der Waals surface area contributed by atoms with E-state index >= 15 is 0 Å². The Kier molecular flexibility index (Phi) is 7.22. The first-order valence-corrected chi connectivity index (χ1v) is 8.00. The van der Waals surface area contributed by atoms with Crippen LogP contribution in [0, 0.1) is 12.8 Å². The molecule has 0 aliphatic rings. The van der Waals surface area contributed by atoms with Crippen LogP contribution in [0.2, 0.25) is 0 Å². The van der Waals surface area contributed by atoms with Gasteiger partial charge in [-0.1, -0.05) is 6.92 Å². The highest BCUT2D eigenvalue weighted by atomic mass is 32.1. The fourth-order valence-electron chi connectivity index (χ4n) is 1.96. The number of amides is 2. The second-order valence-electron chi connectivity index (χ2n) is 5.51. The highest BCUT2D eigenvalue weighted by Crippen LogP contribution is 2.16. The van der Waals surface area contributed by atoms with Gasteiger partial charge in [-0.15, -0.1) is 11.3 Å². The largest absolute Gasteiger partial charge is 0.481 e. The summed E-state index contributed by atoms with van der Waals surface area (Å²) in [5, 5.41) is 14.3. The van der Waals surface area contributed by atoms with Gasteiger partial charge >= 0.3 is 12.0 Å². The minimum absolute atomic E-state index is 0.0670. The van der Waals surface area contributed by atoms with E-state index in [0.717, 1.165) is 6.42 Å². The molecule has 5 nitrogen and oxygen atoms in total. The third-order valence-electron chi connectivity index (χ3n) is 3.14. The summed E-state index contributed by atoms with van der Waals surface area (Å²) < 4.78 is 0. The summed E-state index contributed by atoms with van der Waals surface area (Å²) >= 11 is 1.74. The minimum Gasteiger partial charge on any atom is -0.481 e. The zero-order valence-corrected chi connectivity index (χ0v) is 13.6. The predicted octanol–water partition coefficient (Wildman–Crippen LogP) is 2.79. The highest BCUT2D eigenvalue weighted by Gasteiger charge is 2.11. The third-order valence-corrected chi connectivity index (χ3v) is 4.17. The Balaban J connectivity index is 2.21. The van der Waals surface area contributed by atoms with Crippen molar-refractivity contribution in [2.45, 2.75) is 46.1 Å². The molecule has 1 aromatic heterocycles. The van der Waals surface area contributed by atoms with Crippen LogP contribution in [-0.2, 0) is 11.2 Å². The number of hydrogen-bond donors (Lipinski definition) is 3. The monoisotopic (exact) mass is 312 g/mol. The molecule has 6 heteroatoms. The first-order chi connectivity index (χ1) is 9.86. The number of aryl methyl sites for hydroxylation is 1. The number of thiophene rings is 1. The van der Waals surface area contributed by atoms with Crippen molar-refractivity contribution >= 4 is 23.3 Å². The van der Waals surface area contributed by atoms with Gasteiger partial charge < -0.3 is 15.7 Å². The van der Waals surface area contributed by atoms with E-state index in [4.69, 9.17) is 5.11 Å². The second-order valence-corrected chi connectivity index (χ2v) is 6.88. The summed E-state index contributed by atoms with van der Waals surface area (Å²) in [7, 11) is 0. The van der Waals surface area contributed by atoms with Gasteiger partial charge in [0.25, 0.3) is 0 Å². The topological polar surface area (TPSA) is 78.4 Å². The van der Waals surface area contributed by atoms with Gasteiger partial charge in [-0.3, -0.25) is 4.79 Å². The van der Waals surface area contributed by atoms with Crippen LogP contribution in [0.15, 0.2) is 12.1 Å². The Morgan fingerprint density at radius 1 is 1.33 bits per heavy atom. The molecule has 0 fully saturated rings. The predicted molar refractivity (Wildman–Crippen MR) is 84.8 cm³/mol. The zero-order valence-electron chi connectivity index (χ0n) is 12.8. The van der Waals surface area contributed by atoms with Crippen LogP contribution in [0.5, 0.6) is 0 Å². The minimum atomic E-state index is -0.800. The summed E-state index contributed by atoms with van der Waals surface area (Å²) in [6, 6.07) is 4.04. The fraction of sp³-hybridized carbons (Fsp3) is 0.600. The van der Waals surface area contributed by atoms with Gasteiger partial charge in [-0.2, -0.15) is 0 Å². The van der Waals surface area contributed by atoms with Crippen LogP contribution >= 0.6 is 11.3 Å². The number of carbonyl (C=O) groups is 2. The quantitative estimate of drug-likeness (QED) is 0.690. The lowest BCUT2D eigenvalue weighted by atomic mass is 10.1. The van der Waals surface area contributed by atoms with Crippen molar-refractivity contribution in [3.8, 4) is 0 Å². The van der Waals surface area contributed by atoms with Gasteiger partial charge in [0.2, 0.25) is 0 Å². The van der Waals surface area contributed by atoms with E-state index in [-0.39, 0.29) is 24.4 Å². The Bertz CT molecular complexity index is 473. The van der Waals surface area contributed by atoms with Crippen molar-refractivity contribution in [1.82, 2.24) is 10.6 Å². The van der Waals surface area contributed by atoms with Gasteiger partial charge in [-0.25, -0.2) is 4.79 Å². The van der Waals surface area contributed by atoms with Gasteiger partial charge in [-0.05, 0) is 38.3 Å². The van der Waals surface area contributed by atoms with Crippen molar-refractivity contribution < 1.29 is 14.7 Å². The molecule has 2 unspecified atom stereocenters. The second kappa shape index (κ2) is 8.67. The average molecular weight is 312 g/mol. The molecule has 118 valence electrons. The molecule has 0 radical (unpaired) electrons. The molecule has 21 heavy (non-hydrogen) atoms. The van der Waals surface area contributed by atoms with Crippen molar-refractivity contribution in [3.63, 3.8) is 0 Å². The maximum atomic E-state index is 11.8. The van der Waals surface area contributed by atoms with Gasteiger partial charge in [0.05, 0.1) is 0 Å². The number of aliphatic carboxylic acids is 1. The summed E-state index contributed by atoms with van der Waals surface area (Å²) in [6.45, 7) is 6.46. The van der Waals surface area contributed by atoms with Gasteiger partial charge in [0, 0.05) is 35.2 Å². The molecule has 0 aliphatic heterocycles. The summed E-state index contributed by atoms with van der Waals surface area (Å²) in [5.74, 6) is -0.645. The van der Waals surface area contributed by atoms with E-state index in [1.165, 1.54) is 9.75 Å². The van der Waals surface area contributed by atoms with Crippen molar-refractivity contribution in [3.05, 3.63) is 21.9 Å². The molecule has 0 bridgehead atoms. The van der Waals surface area contributed by atoms with E-state index in [1.807, 2.05) is 13.8 Å². The zero-order chi connectivity index (χ0) is 15.8. The van der Waals surface area contributed by atoms with E-state index in [9.17, 15) is 9.59 Å². The van der Waals surface area contributed by atoms with E-state index in [0.29, 0.717) is 13.0 Å². The van der Waals surface area contributed by atoms with Crippen LogP contribution in [-0.4, -0.2) is 29.7 Å². The normalized spacial score (nSPS) is 13.5. The average Bonchev–Trinajstić information content (AvgIpc) is 2.79. The lowest BCUT2D eigenvalue weighted by Gasteiger charge is -2.16. The van der Waals surface area contributed by atoms with E-state index in [1.54, 1.807) is 11.3 Å². The van der Waals surface area contributed by atoms with E-state index < -0.39 is 5.97 Å². The van der Waals surface area contributed by atoms with Gasteiger partial charge in [0.1, 0.15) is 0 Å². The molecule has 0 aliphatic carbocycles. The molecule has 0 saturated heterocycles. The lowest BCUT2D eigenvalue weighted by molar-refractivity contribution is -0.137. The fourth-order valence-corrected chi connectivity index (χ4v) is 2.98. The van der Waals surface area contributed by atoms with E-state index in [2.05, 4.69) is 29.7 Å². The Hall–Kier alpha value is -1.56. The molecule has 2 atom stereocenters. The van der Waals surface area contributed by atoms with Crippen molar-refractivity contribution in [2.24, 2.45) is 5.92 Å². The van der Waals surface area contributed by atoms with Crippen LogP contribution in [0.1, 0.15) is 36.4 Å². The van der Waals surface area contributed by atoms with Crippen molar-refractivity contribution in [2.75, 3.05) is 6.54 Å². The number of carboxylic acid groups (broad SMARTS) is 1. The molecule has 1 heterocycles. The number of hydrogen-bond acceptors (Lipinski definition) is 3. The standard InChI is InChI=1S/C15H24N2O3S/c1-10(4-7-14(18)19)9-16-15(20)17-11(2)8-13-6-5-12(3)21-13/h5-6,10-11H,4,7-9H2,1-3H3,(H,18,19)(H2,16,17,20). The van der Waals surface area contributed by atoms with Crippen LogP contribution in [0.3, 0.4) is 0 Å². The Labute approximate surface area is 129 Å². The molecule has 3 N–H and O–H groups in total. The third kappa shape index (κ3) is 7.70. The number of carboxylic acids is 1. The number of nitrogens with one attached hydrogen (secondary N) is 2. The maximum Gasteiger partial charge on any atom is 0.315 e. The van der Waals surface area contributed by atoms with Crippen LogP contribution in [0.25, 0.3) is 0 Å².